The van der Waals surface area contributed by atoms with E-state index in [1.807, 2.05) is 24.0 Å². The first-order valence-corrected chi connectivity index (χ1v) is 12.4. The van der Waals surface area contributed by atoms with Crippen molar-refractivity contribution in [3.05, 3.63) is 65.2 Å². The second-order valence-corrected chi connectivity index (χ2v) is 10.2. The van der Waals surface area contributed by atoms with Crippen LogP contribution in [0.1, 0.15) is 34.8 Å². The molecule has 1 saturated heterocycles. The third-order valence-corrected chi connectivity index (χ3v) is 7.23. The smallest absolute Gasteiger partial charge is 0.253 e. The maximum absolute atomic E-state index is 13.2. The molecule has 0 spiro atoms. The SMILES string of the molecule is CC1Cc2cc(C(=O)N3CCCN(Cc4ccccc4)CC3)ccc2N1S(C)(=O)=O. The first-order valence-electron chi connectivity index (χ1n) is 10.5. The van der Waals surface area contributed by atoms with Crippen LogP contribution in [0.15, 0.2) is 48.5 Å². The Balaban J connectivity index is 1.45. The first-order chi connectivity index (χ1) is 14.3. The van der Waals surface area contributed by atoms with Gasteiger partial charge in [-0.2, -0.15) is 0 Å². The maximum atomic E-state index is 13.2. The van der Waals surface area contributed by atoms with Crippen LogP contribution < -0.4 is 4.31 Å². The molecule has 30 heavy (non-hydrogen) atoms. The number of benzene rings is 2. The van der Waals surface area contributed by atoms with Gasteiger partial charge in [-0.25, -0.2) is 8.42 Å². The lowest BCUT2D eigenvalue weighted by Gasteiger charge is -2.23. The largest absolute Gasteiger partial charge is 0.337 e. The average Bonchev–Trinajstić information content (AvgIpc) is 2.88. The molecule has 6 nitrogen and oxygen atoms in total. The quantitative estimate of drug-likeness (QED) is 0.753. The molecule has 160 valence electrons. The van der Waals surface area contributed by atoms with Gasteiger partial charge in [-0.15, -0.1) is 0 Å². The Kier molecular flexibility index (Phi) is 5.84. The number of anilines is 1. The summed E-state index contributed by atoms with van der Waals surface area (Å²) >= 11 is 0. The highest BCUT2D eigenvalue weighted by atomic mass is 32.2. The van der Waals surface area contributed by atoms with E-state index in [0.29, 0.717) is 24.2 Å². The van der Waals surface area contributed by atoms with E-state index < -0.39 is 10.0 Å². The van der Waals surface area contributed by atoms with Crippen LogP contribution in [-0.2, 0) is 23.0 Å². The van der Waals surface area contributed by atoms with E-state index in [2.05, 4.69) is 29.2 Å². The second kappa shape index (κ2) is 8.40. The number of rotatable bonds is 4. The molecule has 0 radical (unpaired) electrons. The summed E-state index contributed by atoms with van der Waals surface area (Å²) in [7, 11) is -3.32. The van der Waals surface area contributed by atoms with Gasteiger partial charge in [0.15, 0.2) is 0 Å². The second-order valence-electron chi connectivity index (χ2n) is 8.36. The average molecular weight is 428 g/mol. The molecule has 7 heteroatoms. The maximum Gasteiger partial charge on any atom is 0.253 e. The highest BCUT2D eigenvalue weighted by molar-refractivity contribution is 7.92. The van der Waals surface area contributed by atoms with Crippen molar-refractivity contribution in [2.24, 2.45) is 0 Å². The first kappa shape index (κ1) is 20.9. The van der Waals surface area contributed by atoms with Crippen LogP contribution >= 0.6 is 0 Å². The summed E-state index contributed by atoms with van der Waals surface area (Å²) in [6, 6.07) is 15.7. The fourth-order valence-electron chi connectivity index (χ4n) is 4.60. The van der Waals surface area contributed by atoms with E-state index in [1.165, 1.54) is 16.1 Å². The van der Waals surface area contributed by atoms with Crippen molar-refractivity contribution in [3.63, 3.8) is 0 Å². The summed E-state index contributed by atoms with van der Waals surface area (Å²) in [4.78, 5) is 17.5. The lowest BCUT2D eigenvalue weighted by atomic mass is 10.1. The Bertz CT molecular complexity index is 1020. The van der Waals surface area contributed by atoms with Crippen molar-refractivity contribution >= 4 is 21.6 Å². The van der Waals surface area contributed by atoms with E-state index >= 15 is 0 Å². The number of sulfonamides is 1. The Morgan fingerprint density at radius 1 is 1.03 bits per heavy atom. The van der Waals surface area contributed by atoms with Crippen LogP contribution in [0.25, 0.3) is 0 Å². The Morgan fingerprint density at radius 3 is 2.53 bits per heavy atom. The third-order valence-electron chi connectivity index (χ3n) is 5.96. The minimum atomic E-state index is -3.32. The summed E-state index contributed by atoms with van der Waals surface area (Å²) in [5.41, 5.74) is 3.57. The molecule has 0 saturated carbocycles. The molecule has 2 aliphatic heterocycles. The molecule has 0 bridgehead atoms. The van der Waals surface area contributed by atoms with Gasteiger partial charge in [-0.3, -0.25) is 14.0 Å². The highest BCUT2D eigenvalue weighted by Crippen LogP contribution is 2.35. The number of hydrogen-bond donors (Lipinski definition) is 0. The van der Waals surface area contributed by atoms with E-state index in [4.69, 9.17) is 0 Å². The van der Waals surface area contributed by atoms with Gasteiger partial charge in [0.25, 0.3) is 5.91 Å². The van der Waals surface area contributed by atoms with Crippen molar-refractivity contribution in [2.75, 3.05) is 36.7 Å². The minimum Gasteiger partial charge on any atom is -0.337 e. The summed E-state index contributed by atoms with van der Waals surface area (Å²) in [6.45, 7) is 6.08. The normalized spacial score (nSPS) is 20.1. The Morgan fingerprint density at radius 2 is 1.80 bits per heavy atom. The number of carbonyl (C=O) groups excluding carboxylic acids is 1. The van der Waals surface area contributed by atoms with Crippen molar-refractivity contribution in [1.29, 1.82) is 0 Å². The fourth-order valence-corrected chi connectivity index (χ4v) is 5.86. The number of fused-ring (bicyclic) bond motifs is 1. The molecule has 4 rings (SSSR count). The molecule has 1 amide bonds. The van der Waals surface area contributed by atoms with Gasteiger partial charge < -0.3 is 4.90 Å². The van der Waals surface area contributed by atoms with Crippen molar-refractivity contribution in [1.82, 2.24) is 9.80 Å². The fraction of sp³-hybridized carbons (Fsp3) is 0.435. The predicted octanol–water partition coefficient (Wildman–Crippen LogP) is 2.75. The van der Waals surface area contributed by atoms with Crippen LogP contribution in [0.5, 0.6) is 0 Å². The van der Waals surface area contributed by atoms with Crippen LogP contribution in [-0.4, -0.2) is 62.6 Å². The molecular formula is C23H29N3O3S. The zero-order valence-corrected chi connectivity index (χ0v) is 18.4. The number of nitrogens with zero attached hydrogens (tertiary/aromatic N) is 3. The van der Waals surface area contributed by atoms with E-state index in [1.54, 1.807) is 12.1 Å². The van der Waals surface area contributed by atoms with E-state index in [9.17, 15) is 13.2 Å². The zero-order valence-electron chi connectivity index (χ0n) is 17.6. The molecule has 2 heterocycles. The lowest BCUT2D eigenvalue weighted by molar-refractivity contribution is 0.0761. The highest BCUT2D eigenvalue weighted by Gasteiger charge is 2.33. The zero-order chi connectivity index (χ0) is 21.3. The van der Waals surface area contributed by atoms with Gasteiger partial charge in [0.05, 0.1) is 11.9 Å². The van der Waals surface area contributed by atoms with E-state index in [-0.39, 0.29) is 11.9 Å². The Hall–Kier alpha value is -2.38. The van der Waals surface area contributed by atoms with E-state index in [0.717, 1.165) is 38.2 Å². The third kappa shape index (κ3) is 4.37. The van der Waals surface area contributed by atoms with Crippen molar-refractivity contribution in [3.8, 4) is 0 Å². The molecular weight excluding hydrogens is 398 g/mol. The standard InChI is InChI=1S/C23H29N3O3S/c1-18-15-21-16-20(9-10-22(21)26(18)30(2,28)29)23(27)25-12-6-11-24(13-14-25)17-19-7-4-3-5-8-19/h3-5,7-10,16,18H,6,11-15,17H2,1-2H3. The molecule has 2 aliphatic rings. The van der Waals surface area contributed by atoms with Gasteiger partial charge >= 0.3 is 0 Å². The minimum absolute atomic E-state index is 0.0322. The van der Waals surface area contributed by atoms with Crippen molar-refractivity contribution < 1.29 is 13.2 Å². The molecule has 0 aliphatic carbocycles. The molecule has 0 aromatic heterocycles. The topological polar surface area (TPSA) is 60.9 Å². The molecule has 0 N–H and O–H groups in total. The van der Waals surface area contributed by atoms with Gasteiger partial charge in [-0.05, 0) is 49.1 Å². The molecule has 1 atom stereocenters. The van der Waals surface area contributed by atoms with Gasteiger partial charge in [-0.1, -0.05) is 30.3 Å². The van der Waals surface area contributed by atoms with Gasteiger partial charge in [0.2, 0.25) is 10.0 Å². The van der Waals surface area contributed by atoms with Gasteiger partial charge in [0.1, 0.15) is 0 Å². The van der Waals surface area contributed by atoms with Crippen LogP contribution in [0, 0.1) is 0 Å². The Labute approximate surface area is 179 Å². The predicted molar refractivity (Wildman–Crippen MR) is 119 cm³/mol. The summed E-state index contributed by atoms with van der Waals surface area (Å²) in [5.74, 6) is 0.0322. The molecule has 2 aromatic rings. The number of amides is 1. The van der Waals surface area contributed by atoms with Crippen molar-refractivity contribution in [2.45, 2.75) is 32.4 Å². The van der Waals surface area contributed by atoms with Crippen LogP contribution in [0.3, 0.4) is 0 Å². The van der Waals surface area contributed by atoms with Crippen LogP contribution in [0.2, 0.25) is 0 Å². The van der Waals surface area contributed by atoms with Crippen LogP contribution in [0.4, 0.5) is 5.69 Å². The molecule has 1 fully saturated rings. The molecule has 2 aromatic carbocycles. The summed E-state index contributed by atoms with van der Waals surface area (Å²) in [5, 5.41) is 0. The number of carbonyl (C=O) groups is 1. The monoisotopic (exact) mass is 427 g/mol. The lowest BCUT2D eigenvalue weighted by Crippen LogP contribution is -2.35. The number of hydrogen-bond acceptors (Lipinski definition) is 4. The summed E-state index contributed by atoms with van der Waals surface area (Å²) < 4.78 is 25.7. The molecule has 1 unspecified atom stereocenters. The van der Waals surface area contributed by atoms with Gasteiger partial charge in [0, 0.05) is 44.3 Å². The summed E-state index contributed by atoms with van der Waals surface area (Å²) in [6.07, 6.45) is 2.81.